The van der Waals surface area contributed by atoms with Crippen molar-refractivity contribution in [2.75, 3.05) is 26.7 Å². The minimum absolute atomic E-state index is 0.857. The van der Waals surface area contributed by atoms with E-state index in [9.17, 15) is 0 Å². The summed E-state index contributed by atoms with van der Waals surface area (Å²) >= 11 is 1.90. The summed E-state index contributed by atoms with van der Waals surface area (Å²) in [6.45, 7) is 6.90. The summed E-state index contributed by atoms with van der Waals surface area (Å²) < 4.78 is 0. The van der Waals surface area contributed by atoms with Gasteiger partial charge in [-0.1, -0.05) is 0 Å². The normalized spacial score (nSPS) is 22.4. The van der Waals surface area contributed by atoms with Crippen LogP contribution in [-0.2, 0) is 6.54 Å². The molecule has 1 aromatic rings. The highest BCUT2D eigenvalue weighted by Gasteiger charge is 2.18. The van der Waals surface area contributed by atoms with Crippen LogP contribution in [0.5, 0.6) is 0 Å². The molecule has 0 radical (unpaired) electrons. The summed E-state index contributed by atoms with van der Waals surface area (Å²) in [6, 6.07) is 4.43. The first-order chi connectivity index (χ1) is 7.24. The average Bonchev–Trinajstić information content (AvgIpc) is 2.76. The van der Waals surface area contributed by atoms with Crippen molar-refractivity contribution < 1.29 is 0 Å². The molecule has 0 amide bonds. The highest BCUT2D eigenvalue weighted by atomic mass is 32.1. The summed E-state index contributed by atoms with van der Waals surface area (Å²) in [5.41, 5.74) is 0. The second-order valence-electron chi connectivity index (χ2n) is 4.56. The lowest BCUT2D eigenvalue weighted by atomic mass is 10.1. The molecular formula is C12H20N2S. The van der Waals surface area contributed by atoms with Gasteiger partial charge >= 0.3 is 0 Å². The minimum atomic E-state index is 0.857. The van der Waals surface area contributed by atoms with E-state index in [0.29, 0.717) is 0 Å². The van der Waals surface area contributed by atoms with Gasteiger partial charge in [0.05, 0.1) is 0 Å². The molecule has 1 unspecified atom stereocenters. The zero-order valence-corrected chi connectivity index (χ0v) is 10.4. The maximum Gasteiger partial charge on any atom is 0.0299 e. The van der Waals surface area contributed by atoms with Gasteiger partial charge in [0.25, 0.3) is 0 Å². The van der Waals surface area contributed by atoms with Crippen LogP contribution < -0.4 is 5.32 Å². The Bertz CT molecular complexity index is 308. The van der Waals surface area contributed by atoms with Crippen LogP contribution in [0.25, 0.3) is 0 Å². The zero-order valence-electron chi connectivity index (χ0n) is 9.62. The first-order valence-corrected chi connectivity index (χ1v) is 6.50. The first kappa shape index (κ1) is 11.1. The fourth-order valence-electron chi connectivity index (χ4n) is 2.17. The predicted molar refractivity (Wildman–Crippen MR) is 66.4 cm³/mol. The Hall–Kier alpha value is -0.380. The van der Waals surface area contributed by atoms with E-state index in [1.54, 1.807) is 0 Å². The molecule has 3 heteroatoms. The van der Waals surface area contributed by atoms with Gasteiger partial charge in [-0.25, -0.2) is 0 Å². The van der Waals surface area contributed by atoms with Crippen molar-refractivity contribution in [1.29, 1.82) is 0 Å². The molecule has 2 heterocycles. The van der Waals surface area contributed by atoms with Crippen molar-refractivity contribution in [3.05, 3.63) is 21.9 Å². The molecule has 84 valence electrons. The Morgan fingerprint density at radius 1 is 1.53 bits per heavy atom. The molecule has 15 heavy (non-hydrogen) atoms. The van der Waals surface area contributed by atoms with Gasteiger partial charge in [0.15, 0.2) is 0 Å². The smallest absolute Gasteiger partial charge is 0.0299 e. The molecule has 0 aromatic carbocycles. The van der Waals surface area contributed by atoms with E-state index in [-0.39, 0.29) is 0 Å². The van der Waals surface area contributed by atoms with Gasteiger partial charge in [-0.15, -0.1) is 11.3 Å². The molecule has 0 bridgehead atoms. The number of likely N-dealkylation sites (tertiary alicyclic amines) is 1. The third-order valence-corrected chi connectivity index (χ3v) is 4.02. The molecule has 1 atom stereocenters. The Morgan fingerprint density at radius 3 is 3.00 bits per heavy atom. The predicted octanol–water partition coefficient (Wildman–Crippen LogP) is 2.10. The number of hydrogen-bond acceptors (Lipinski definition) is 3. The monoisotopic (exact) mass is 224 g/mol. The molecule has 1 aromatic heterocycles. The molecule has 2 rings (SSSR count). The van der Waals surface area contributed by atoms with Crippen LogP contribution >= 0.6 is 11.3 Å². The summed E-state index contributed by atoms with van der Waals surface area (Å²) in [4.78, 5) is 5.29. The van der Waals surface area contributed by atoms with Crippen molar-refractivity contribution in [1.82, 2.24) is 10.2 Å². The first-order valence-electron chi connectivity index (χ1n) is 5.68. The van der Waals surface area contributed by atoms with Crippen molar-refractivity contribution in [2.45, 2.75) is 19.9 Å². The van der Waals surface area contributed by atoms with E-state index < -0.39 is 0 Å². The second-order valence-corrected chi connectivity index (χ2v) is 5.93. The van der Waals surface area contributed by atoms with E-state index in [1.165, 1.54) is 35.8 Å². The van der Waals surface area contributed by atoms with E-state index in [1.807, 2.05) is 11.3 Å². The maximum atomic E-state index is 3.56. The van der Waals surface area contributed by atoms with Crippen LogP contribution in [0.2, 0.25) is 0 Å². The van der Waals surface area contributed by atoms with E-state index in [4.69, 9.17) is 0 Å². The lowest BCUT2D eigenvalue weighted by Gasteiger charge is -2.10. The SMILES string of the molecule is Cc1ccc(CNCC2CCN(C)C2)s1. The Labute approximate surface area is 96.3 Å². The summed E-state index contributed by atoms with van der Waals surface area (Å²) in [5.74, 6) is 0.857. The van der Waals surface area contributed by atoms with Crippen molar-refractivity contribution >= 4 is 11.3 Å². The van der Waals surface area contributed by atoms with Gasteiger partial charge < -0.3 is 10.2 Å². The Balaban J connectivity index is 1.67. The average molecular weight is 224 g/mol. The molecular weight excluding hydrogens is 204 g/mol. The quantitative estimate of drug-likeness (QED) is 0.842. The third kappa shape index (κ3) is 3.30. The zero-order chi connectivity index (χ0) is 10.7. The topological polar surface area (TPSA) is 15.3 Å². The van der Waals surface area contributed by atoms with Gasteiger partial charge in [-0.05, 0) is 51.5 Å². The Kier molecular flexibility index (Phi) is 3.78. The number of aryl methyl sites for hydroxylation is 1. The largest absolute Gasteiger partial charge is 0.312 e. The molecule has 2 nitrogen and oxygen atoms in total. The standard InChI is InChI=1S/C12H20N2S/c1-10-3-4-12(15-10)8-13-7-11-5-6-14(2)9-11/h3-4,11,13H,5-9H2,1-2H3. The molecule has 1 aliphatic heterocycles. The molecule has 1 fully saturated rings. The third-order valence-electron chi connectivity index (χ3n) is 3.02. The van der Waals surface area contributed by atoms with Crippen LogP contribution in [0.1, 0.15) is 16.2 Å². The van der Waals surface area contributed by atoms with E-state index in [0.717, 1.165) is 12.5 Å². The van der Waals surface area contributed by atoms with Gasteiger partial charge in [0, 0.05) is 22.8 Å². The van der Waals surface area contributed by atoms with Crippen LogP contribution in [0.15, 0.2) is 12.1 Å². The fourth-order valence-corrected chi connectivity index (χ4v) is 3.03. The molecule has 1 aliphatic rings. The van der Waals surface area contributed by atoms with Crippen molar-refractivity contribution in [3.63, 3.8) is 0 Å². The highest BCUT2D eigenvalue weighted by Crippen LogP contribution is 2.16. The van der Waals surface area contributed by atoms with Gasteiger partial charge in [-0.2, -0.15) is 0 Å². The van der Waals surface area contributed by atoms with Crippen molar-refractivity contribution in [2.24, 2.45) is 5.92 Å². The molecule has 0 aliphatic carbocycles. The van der Waals surface area contributed by atoms with Crippen LogP contribution in [0.4, 0.5) is 0 Å². The van der Waals surface area contributed by atoms with E-state index >= 15 is 0 Å². The van der Waals surface area contributed by atoms with Gasteiger partial charge in [0.1, 0.15) is 0 Å². The summed E-state index contributed by atoms with van der Waals surface area (Å²) in [6.07, 6.45) is 1.35. The number of hydrogen-bond donors (Lipinski definition) is 1. The van der Waals surface area contributed by atoms with Crippen LogP contribution in [-0.4, -0.2) is 31.6 Å². The van der Waals surface area contributed by atoms with Crippen LogP contribution in [0.3, 0.4) is 0 Å². The number of nitrogens with zero attached hydrogens (tertiary/aromatic N) is 1. The maximum absolute atomic E-state index is 3.56. The van der Waals surface area contributed by atoms with Gasteiger partial charge in [-0.3, -0.25) is 0 Å². The lowest BCUT2D eigenvalue weighted by Crippen LogP contribution is -2.24. The minimum Gasteiger partial charge on any atom is -0.312 e. The Morgan fingerprint density at radius 2 is 2.40 bits per heavy atom. The van der Waals surface area contributed by atoms with Gasteiger partial charge in [0.2, 0.25) is 0 Å². The van der Waals surface area contributed by atoms with Crippen LogP contribution in [0, 0.1) is 12.8 Å². The fraction of sp³-hybridized carbons (Fsp3) is 0.667. The number of nitrogens with one attached hydrogen (secondary N) is 1. The van der Waals surface area contributed by atoms with Crippen molar-refractivity contribution in [3.8, 4) is 0 Å². The molecule has 0 spiro atoms. The molecule has 1 saturated heterocycles. The molecule has 1 N–H and O–H groups in total. The van der Waals surface area contributed by atoms with E-state index in [2.05, 4.69) is 36.3 Å². The number of thiophene rings is 1. The second kappa shape index (κ2) is 5.10. The summed E-state index contributed by atoms with van der Waals surface area (Å²) in [5, 5.41) is 3.56. The molecule has 0 saturated carbocycles. The highest BCUT2D eigenvalue weighted by molar-refractivity contribution is 7.11. The number of rotatable bonds is 4. The lowest BCUT2D eigenvalue weighted by molar-refractivity contribution is 0.388. The summed E-state index contributed by atoms with van der Waals surface area (Å²) in [7, 11) is 2.21.